The van der Waals surface area contributed by atoms with Gasteiger partial charge in [0.2, 0.25) is 0 Å². The van der Waals surface area contributed by atoms with Gasteiger partial charge in [-0.05, 0) is 53.6 Å². The molecule has 7 nitrogen and oxygen atoms in total. The van der Waals surface area contributed by atoms with E-state index in [0.29, 0.717) is 11.6 Å². The number of carbonyl (C=O) groups is 1. The van der Waals surface area contributed by atoms with E-state index in [1.54, 1.807) is 7.05 Å². The van der Waals surface area contributed by atoms with Crippen molar-refractivity contribution in [3.8, 4) is 0 Å². The van der Waals surface area contributed by atoms with Crippen molar-refractivity contribution in [2.75, 3.05) is 17.8 Å². The first kappa shape index (κ1) is 26.7. The molecule has 0 saturated heterocycles. The van der Waals surface area contributed by atoms with E-state index >= 15 is 0 Å². The number of anilines is 2. The lowest BCUT2D eigenvalue weighted by atomic mass is 9.84. The maximum Gasteiger partial charge on any atom is 0.304 e. The first-order valence-electron chi connectivity index (χ1n) is 13.4. The molecule has 0 bridgehead atoms. The Hall–Kier alpha value is -3.32. The van der Waals surface area contributed by atoms with Crippen LogP contribution in [0.25, 0.3) is 0 Å². The molecule has 1 heterocycles. The van der Waals surface area contributed by atoms with E-state index in [4.69, 9.17) is 16.6 Å². The number of benzene rings is 2. The van der Waals surface area contributed by atoms with Gasteiger partial charge in [-0.25, -0.2) is 10.8 Å². The normalized spacial score (nSPS) is 15.4. The van der Waals surface area contributed by atoms with Crippen LogP contribution in [0.2, 0.25) is 0 Å². The van der Waals surface area contributed by atoms with Crippen molar-refractivity contribution in [2.45, 2.75) is 77.7 Å². The highest BCUT2D eigenvalue weighted by Gasteiger charge is 2.23. The van der Waals surface area contributed by atoms with Crippen molar-refractivity contribution in [3.05, 3.63) is 76.4 Å². The van der Waals surface area contributed by atoms with Crippen LogP contribution in [-0.4, -0.2) is 27.7 Å². The second-order valence-corrected chi connectivity index (χ2v) is 10.7. The summed E-state index contributed by atoms with van der Waals surface area (Å²) in [5.41, 5.74) is 12.8. The fourth-order valence-corrected chi connectivity index (χ4v) is 5.76. The third kappa shape index (κ3) is 6.34. The Kier molecular flexibility index (Phi) is 8.54. The fraction of sp³-hybridized carbons (Fsp3) is 0.467. The topological polar surface area (TPSA) is 110 Å². The van der Waals surface area contributed by atoms with Crippen LogP contribution in [-0.2, 0) is 17.8 Å². The Labute approximate surface area is 220 Å². The van der Waals surface area contributed by atoms with Crippen LogP contribution >= 0.6 is 0 Å². The molecule has 2 aromatic carbocycles. The number of hydrogen-bond donors (Lipinski definition) is 3. The summed E-state index contributed by atoms with van der Waals surface area (Å²) in [7, 11) is 1.74. The zero-order chi connectivity index (χ0) is 26.5. The number of hydrogen-bond acceptors (Lipinski definition) is 5. The van der Waals surface area contributed by atoms with E-state index in [-0.39, 0.29) is 12.3 Å². The minimum absolute atomic E-state index is 0.0153. The lowest BCUT2D eigenvalue weighted by molar-refractivity contribution is -0.137. The maximum atomic E-state index is 11.9. The van der Waals surface area contributed by atoms with Crippen LogP contribution in [0.3, 0.4) is 0 Å². The van der Waals surface area contributed by atoms with Crippen molar-refractivity contribution in [1.82, 2.24) is 9.55 Å². The average Bonchev–Trinajstić information content (AvgIpc) is 3.11. The second-order valence-electron chi connectivity index (χ2n) is 10.7. The monoisotopic (exact) mass is 503 g/mol. The molecule has 1 atom stereocenters. The first-order chi connectivity index (χ1) is 17.7. The summed E-state index contributed by atoms with van der Waals surface area (Å²) in [6.07, 6.45) is 12.9. The minimum atomic E-state index is -0.842. The molecular formula is C30H41N5O2. The van der Waals surface area contributed by atoms with Gasteiger partial charge in [0.05, 0.1) is 17.8 Å². The fourth-order valence-electron chi connectivity index (χ4n) is 5.76. The van der Waals surface area contributed by atoms with Gasteiger partial charge in [-0.1, -0.05) is 62.8 Å². The predicted molar refractivity (Wildman–Crippen MR) is 150 cm³/mol. The van der Waals surface area contributed by atoms with Crippen molar-refractivity contribution < 1.29 is 9.90 Å². The molecule has 1 aromatic heterocycles. The number of hydrazine groups is 1. The number of carboxylic acids is 1. The second kappa shape index (κ2) is 11.8. The van der Waals surface area contributed by atoms with Crippen molar-refractivity contribution in [3.63, 3.8) is 0 Å². The molecule has 1 unspecified atom stereocenters. The van der Waals surface area contributed by atoms with Gasteiger partial charge in [0, 0.05) is 38.3 Å². The number of nitrogens with two attached hydrogens (primary N) is 2. The third-order valence-electron chi connectivity index (χ3n) is 8.03. The lowest BCUT2D eigenvalue weighted by Crippen LogP contribution is -2.26. The van der Waals surface area contributed by atoms with E-state index in [1.807, 2.05) is 31.3 Å². The summed E-state index contributed by atoms with van der Waals surface area (Å²) in [4.78, 5) is 16.6. The quantitative estimate of drug-likeness (QED) is 0.153. The van der Waals surface area contributed by atoms with Gasteiger partial charge in [0.15, 0.2) is 0 Å². The SMILES string of the molecule is Cc1ccc(C(CC(=O)O)c2ccc(N(C)N)c(N)c2C)cc1Cn1ccnc1CC1CCCCCC1. The molecule has 5 N–H and O–H groups in total. The maximum absolute atomic E-state index is 11.9. The van der Waals surface area contributed by atoms with Crippen LogP contribution in [0.5, 0.6) is 0 Å². The van der Waals surface area contributed by atoms with Gasteiger partial charge in [-0.3, -0.25) is 4.79 Å². The zero-order valence-corrected chi connectivity index (χ0v) is 22.4. The van der Waals surface area contributed by atoms with E-state index in [1.165, 1.54) is 54.7 Å². The van der Waals surface area contributed by atoms with Crippen molar-refractivity contribution >= 4 is 17.3 Å². The standard InChI is InChI=1S/C30H41N5O2/c1-20-10-11-23(26(18-29(36)37)25-12-13-27(34(3)32)30(31)21(25)2)17-24(20)19-35-15-14-33-28(35)16-22-8-6-4-5-7-9-22/h10-15,17,22,26H,4-9,16,18-19,31-32H2,1-3H3,(H,36,37). The smallest absolute Gasteiger partial charge is 0.304 e. The highest BCUT2D eigenvalue weighted by Crippen LogP contribution is 2.37. The van der Waals surface area contributed by atoms with E-state index in [0.717, 1.165) is 41.2 Å². The van der Waals surface area contributed by atoms with Gasteiger partial charge in [0.1, 0.15) is 5.82 Å². The molecule has 3 aromatic rings. The van der Waals surface area contributed by atoms with Crippen molar-refractivity contribution in [1.29, 1.82) is 0 Å². The zero-order valence-electron chi connectivity index (χ0n) is 22.4. The Balaban J connectivity index is 1.64. The molecule has 0 amide bonds. The van der Waals surface area contributed by atoms with Gasteiger partial charge < -0.3 is 20.4 Å². The molecular weight excluding hydrogens is 462 g/mol. The Bertz CT molecular complexity index is 1220. The molecule has 198 valence electrons. The molecule has 7 heteroatoms. The van der Waals surface area contributed by atoms with Crippen LogP contribution in [0.1, 0.15) is 84.5 Å². The van der Waals surface area contributed by atoms with Crippen LogP contribution in [0.15, 0.2) is 42.7 Å². The highest BCUT2D eigenvalue weighted by molar-refractivity contribution is 5.74. The van der Waals surface area contributed by atoms with Crippen molar-refractivity contribution in [2.24, 2.45) is 11.8 Å². The highest BCUT2D eigenvalue weighted by atomic mass is 16.4. The Morgan fingerprint density at radius 3 is 2.57 bits per heavy atom. The van der Waals surface area contributed by atoms with E-state index < -0.39 is 5.97 Å². The molecule has 4 rings (SSSR count). The molecule has 1 aliphatic rings. The molecule has 37 heavy (non-hydrogen) atoms. The Morgan fingerprint density at radius 2 is 1.89 bits per heavy atom. The van der Waals surface area contributed by atoms with Gasteiger partial charge in [0.25, 0.3) is 0 Å². The lowest BCUT2D eigenvalue weighted by Gasteiger charge is -2.24. The van der Waals surface area contributed by atoms with E-state index in [9.17, 15) is 9.90 Å². The summed E-state index contributed by atoms with van der Waals surface area (Å²) >= 11 is 0. The molecule has 1 saturated carbocycles. The number of aryl methyl sites for hydroxylation is 1. The number of nitrogens with zero attached hydrogens (tertiary/aromatic N) is 3. The summed E-state index contributed by atoms with van der Waals surface area (Å²) < 4.78 is 2.26. The third-order valence-corrected chi connectivity index (χ3v) is 8.03. The van der Waals surface area contributed by atoms with Crippen LogP contribution < -0.4 is 16.6 Å². The molecule has 0 spiro atoms. The summed E-state index contributed by atoms with van der Waals surface area (Å²) in [6, 6.07) is 10.1. The summed E-state index contributed by atoms with van der Waals surface area (Å²) in [5.74, 6) is 6.63. The van der Waals surface area contributed by atoms with Gasteiger partial charge >= 0.3 is 5.97 Å². The number of aromatic nitrogens is 2. The number of rotatable bonds is 9. The van der Waals surface area contributed by atoms with Gasteiger partial charge in [-0.15, -0.1) is 0 Å². The summed E-state index contributed by atoms with van der Waals surface area (Å²) in [6.45, 7) is 4.77. The number of nitrogen functional groups attached to an aromatic ring is 1. The Morgan fingerprint density at radius 1 is 1.16 bits per heavy atom. The summed E-state index contributed by atoms with van der Waals surface area (Å²) in [5, 5.41) is 11.3. The number of imidazole rings is 1. The first-order valence-corrected chi connectivity index (χ1v) is 13.4. The van der Waals surface area contributed by atoms with Crippen LogP contribution in [0.4, 0.5) is 11.4 Å². The number of aliphatic carboxylic acids is 1. The molecule has 0 radical (unpaired) electrons. The van der Waals surface area contributed by atoms with Gasteiger partial charge in [-0.2, -0.15) is 0 Å². The predicted octanol–water partition coefficient (Wildman–Crippen LogP) is 5.56. The van der Waals surface area contributed by atoms with Crippen LogP contribution in [0, 0.1) is 19.8 Å². The molecule has 0 aliphatic heterocycles. The largest absolute Gasteiger partial charge is 0.481 e. The number of carboxylic acid groups (broad SMARTS) is 1. The minimum Gasteiger partial charge on any atom is -0.481 e. The molecule has 1 fully saturated rings. The average molecular weight is 504 g/mol. The molecule has 1 aliphatic carbocycles. The van der Waals surface area contributed by atoms with E-state index in [2.05, 4.69) is 29.8 Å².